The van der Waals surface area contributed by atoms with Crippen molar-refractivity contribution >= 4 is 36.3 Å². The topological polar surface area (TPSA) is 151 Å². The minimum Gasteiger partial charge on any atom is -0.480 e. The smallest absolute Gasteiger partial charge is 0.326 e. The van der Waals surface area contributed by atoms with Gasteiger partial charge in [0.15, 0.2) is 0 Å². The Balaban J connectivity index is 5.28. The van der Waals surface area contributed by atoms with Crippen molar-refractivity contribution in [2.75, 3.05) is 5.75 Å². The number of amides is 3. The summed E-state index contributed by atoms with van der Waals surface area (Å²) < 4.78 is 0. The number of aliphatic carboxylic acids is 1. The van der Waals surface area contributed by atoms with Crippen molar-refractivity contribution in [3.05, 3.63) is 0 Å². The molecule has 0 heterocycles. The summed E-state index contributed by atoms with van der Waals surface area (Å²) in [6, 6.07) is -3.75. The maximum atomic E-state index is 12.7. The summed E-state index contributed by atoms with van der Waals surface area (Å²) in [5.41, 5.74) is 5.49. The van der Waals surface area contributed by atoms with Gasteiger partial charge in [0.25, 0.3) is 0 Å². The van der Waals surface area contributed by atoms with E-state index in [2.05, 4.69) is 28.6 Å². The Morgan fingerprint density at radius 3 is 1.82 bits per heavy atom. The third-order valence-electron chi connectivity index (χ3n) is 4.35. The van der Waals surface area contributed by atoms with Gasteiger partial charge < -0.3 is 26.8 Å². The number of nitrogens with two attached hydrogens (primary N) is 1. The first kappa shape index (κ1) is 26.2. The normalized spacial score (nSPS) is 16.4. The molecule has 162 valence electrons. The molecule has 0 bridgehead atoms. The summed E-state index contributed by atoms with van der Waals surface area (Å²) in [5, 5.41) is 17.0. The number of hydrogen-bond acceptors (Lipinski definition) is 6. The number of thiol groups is 1. The highest BCUT2D eigenvalue weighted by Crippen LogP contribution is 2.11. The van der Waals surface area contributed by atoms with Gasteiger partial charge in [-0.1, -0.05) is 34.1 Å². The maximum Gasteiger partial charge on any atom is 0.326 e. The van der Waals surface area contributed by atoms with Crippen molar-refractivity contribution in [3.8, 4) is 0 Å². The van der Waals surface area contributed by atoms with E-state index in [0.717, 1.165) is 0 Å². The zero-order chi connectivity index (χ0) is 22.0. The van der Waals surface area contributed by atoms with Crippen LogP contribution >= 0.6 is 12.6 Å². The molecule has 0 saturated heterocycles. The van der Waals surface area contributed by atoms with Gasteiger partial charge in [-0.05, 0) is 25.2 Å². The highest BCUT2D eigenvalue weighted by atomic mass is 32.1. The van der Waals surface area contributed by atoms with Crippen LogP contribution in [0.5, 0.6) is 0 Å². The molecule has 0 aliphatic carbocycles. The molecule has 3 amide bonds. The third kappa shape index (κ3) is 8.92. The predicted molar refractivity (Wildman–Crippen MR) is 110 cm³/mol. The fraction of sp³-hybridized carbons (Fsp3) is 0.778. The number of carboxylic acids is 1. The molecular weight excluding hydrogens is 384 g/mol. The van der Waals surface area contributed by atoms with Crippen LogP contribution < -0.4 is 21.7 Å². The van der Waals surface area contributed by atoms with Gasteiger partial charge in [0.05, 0.1) is 6.04 Å². The van der Waals surface area contributed by atoms with Gasteiger partial charge in [-0.3, -0.25) is 14.4 Å². The largest absolute Gasteiger partial charge is 0.480 e. The van der Waals surface area contributed by atoms with Crippen molar-refractivity contribution in [2.24, 2.45) is 17.6 Å². The molecule has 9 nitrogen and oxygen atoms in total. The molecule has 5 unspecified atom stereocenters. The summed E-state index contributed by atoms with van der Waals surface area (Å²) in [4.78, 5) is 48.4. The van der Waals surface area contributed by atoms with E-state index in [1.165, 1.54) is 6.92 Å². The molecule has 0 fully saturated rings. The van der Waals surface area contributed by atoms with Gasteiger partial charge in [0, 0.05) is 5.75 Å². The molecule has 0 radical (unpaired) electrons. The zero-order valence-corrected chi connectivity index (χ0v) is 18.1. The Kier molecular flexibility index (Phi) is 11.8. The average Bonchev–Trinajstić information content (AvgIpc) is 2.61. The van der Waals surface area contributed by atoms with E-state index in [9.17, 15) is 24.3 Å². The molecule has 6 N–H and O–H groups in total. The van der Waals surface area contributed by atoms with Crippen LogP contribution in [-0.2, 0) is 19.2 Å². The van der Waals surface area contributed by atoms with Crippen molar-refractivity contribution in [2.45, 2.75) is 71.6 Å². The summed E-state index contributed by atoms with van der Waals surface area (Å²) in [6.45, 7) is 8.81. The summed E-state index contributed by atoms with van der Waals surface area (Å²) in [5.74, 6) is -2.99. The Labute approximate surface area is 172 Å². The van der Waals surface area contributed by atoms with E-state index in [0.29, 0.717) is 12.8 Å². The van der Waals surface area contributed by atoms with Crippen LogP contribution in [0.1, 0.15) is 47.5 Å². The van der Waals surface area contributed by atoms with Crippen LogP contribution in [0.4, 0.5) is 0 Å². The Morgan fingerprint density at radius 1 is 0.929 bits per heavy atom. The Hall–Kier alpha value is -1.81. The highest BCUT2D eigenvalue weighted by Gasteiger charge is 2.31. The zero-order valence-electron chi connectivity index (χ0n) is 17.2. The van der Waals surface area contributed by atoms with E-state index in [1.807, 2.05) is 20.8 Å². The van der Waals surface area contributed by atoms with Gasteiger partial charge in [-0.25, -0.2) is 4.79 Å². The van der Waals surface area contributed by atoms with E-state index < -0.39 is 47.9 Å². The number of nitrogens with one attached hydrogen (secondary N) is 3. The van der Waals surface area contributed by atoms with E-state index in [1.54, 1.807) is 6.92 Å². The lowest BCUT2D eigenvalue weighted by Crippen LogP contribution is -2.58. The number of hydrogen-bond donors (Lipinski definition) is 6. The van der Waals surface area contributed by atoms with E-state index in [-0.39, 0.29) is 17.6 Å². The Bertz CT molecular complexity index is 556. The minimum absolute atomic E-state index is 0.0188. The summed E-state index contributed by atoms with van der Waals surface area (Å²) >= 11 is 4.07. The minimum atomic E-state index is -1.13. The van der Waals surface area contributed by atoms with Gasteiger partial charge in [0.2, 0.25) is 17.7 Å². The molecule has 28 heavy (non-hydrogen) atoms. The van der Waals surface area contributed by atoms with Gasteiger partial charge >= 0.3 is 5.97 Å². The first-order valence-electron chi connectivity index (χ1n) is 9.44. The lowest BCUT2D eigenvalue weighted by molar-refractivity contribution is -0.144. The number of carbonyl (C=O) groups is 4. The van der Waals surface area contributed by atoms with E-state index >= 15 is 0 Å². The summed E-state index contributed by atoms with van der Waals surface area (Å²) in [7, 11) is 0. The van der Waals surface area contributed by atoms with Crippen molar-refractivity contribution in [1.82, 2.24) is 16.0 Å². The maximum absolute atomic E-state index is 12.7. The first-order chi connectivity index (χ1) is 12.9. The standard InChI is InChI=1S/C18H34N4O5S/c1-6-10(4)14(18(26)27)22-16(24)12(7-9(2)3)20-17(25)13(8-28)21-15(23)11(5)19/h9-14,28H,6-8,19H2,1-5H3,(H,20,25)(H,21,23)(H,22,24)(H,26,27). The van der Waals surface area contributed by atoms with Crippen LogP contribution in [0.25, 0.3) is 0 Å². The number of carbonyl (C=O) groups excluding carboxylic acids is 3. The van der Waals surface area contributed by atoms with Crippen LogP contribution in [-0.4, -0.2) is 58.7 Å². The van der Waals surface area contributed by atoms with Crippen LogP contribution in [0.15, 0.2) is 0 Å². The van der Waals surface area contributed by atoms with Gasteiger partial charge in [0.1, 0.15) is 18.1 Å². The van der Waals surface area contributed by atoms with Crippen molar-refractivity contribution in [1.29, 1.82) is 0 Å². The second-order valence-electron chi connectivity index (χ2n) is 7.43. The molecule has 0 rings (SSSR count). The molecule has 0 aromatic heterocycles. The fourth-order valence-electron chi connectivity index (χ4n) is 2.41. The number of rotatable bonds is 12. The van der Waals surface area contributed by atoms with Crippen LogP contribution in [0.2, 0.25) is 0 Å². The molecule has 0 spiro atoms. The second-order valence-corrected chi connectivity index (χ2v) is 7.80. The molecule has 0 saturated carbocycles. The molecule has 10 heteroatoms. The monoisotopic (exact) mass is 418 g/mol. The quantitative estimate of drug-likeness (QED) is 0.244. The lowest BCUT2D eigenvalue weighted by Gasteiger charge is -2.26. The summed E-state index contributed by atoms with van der Waals surface area (Å²) in [6.07, 6.45) is 0.883. The van der Waals surface area contributed by atoms with E-state index in [4.69, 9.17) is 5.73 Å². The molecule has 0 aliphatic heterocycles. The lowest BCUT2D eigenvalue weighted by atomic mass is 9.97. The predicted octanol–water partition coefficient (Wildman–Crippen LogP) is -0.105. The average molecular weight is 419 g/mol. The first-order valence-corrected chi connectivity index (χ1v) is 10.1. The van der Waals surface area contributed by atoms with Crippen molar-refractivity contribution < 1.29 is 24.3 Å². The molecule has 0 aromatic rings. The SMILES string of the molecule is CCC(C)C(NC(=O)C(CC(C)C)NC(=O)C(CS)NC(=O)C(C)N)C(=O)O. The van der Waals surface area contributed by atoms with Gasteiger partial charge in [-0.15, -0.1) is 0 Å². The van der Waals surface area contributed by atoms with Gasteiger partial charge in [-0.2, -0.15) is 12.6 Å². The third-order valence-corrected chi connectivity index (χ3v) is 4.71. The second kappa shape index (κ2) is 12.6. The fourth-order valence-corrected chi connectivity index (χ4v) is 2.67. The van der Waals surface area contributed by atoms with Crippen molar-refractivity contribution in [3.63, 3.8) is 0 Å². The molecular formula is C18H34N4O5S. The molecule has 5 atom stereocenters. The molecule has 0 aromatic carbocycles. The van der Waals surface area contributed by atoms with Crippen LogP contribution in [0.3, 0.4) is 0 Å². The van der Waals surface area contributed by atoms with Crippen LogP contribution in [0, 0.1) is 11.8 Å². The Morgan fingerprint density at radius 2 is 1.43 bits per heavy atom. The highest BCUT2D eigenvalue weighted by molar-refractivity contribution is 7.80. The number of carboxylic acid groups (broad SMARTS) is 1. The molecule has 0 aliphatic rings.